The van der Waals surface area contributed by atoms with Crippen LogP contribution in [0.5, 0.6) is 11.5 Å². The van der Waals surface area contributed by atoms with Crippen molar-refractivity contribution in [1.82, 2.24) is 4.90 Å². The van der Waals surface area contributed by atoms with Crippen LogP contribution in [0.1, 0.15) is 35.6 Å². The van der Waals surface area contributed by atoms with Crippen molar-refractivity contribution in [2.45, 2.75) is 32.4 Å². The van der Waals surface area contributed by atoms with Crippen molar-refractivity contribution in [3.05, 3.63) is 59.2 Å². The molecule has 1 saturated heterocycles. The number of aryl methyl sites for hydroxylation is 1. The first kappa shape index (κ1) is 18.7. The average molecular weight is 355 g/mol. The lowest BCUT2D eigenvalue weighted by Gasteiger charge is -2.34. The zero-order valence-corrected chi connectivity index (χ0v) is 15.9. The number of ether oxygens (including phenoxy) is 2. The van der Waals surface area contributed by atoms with Crippen molar-refractivity contribution in [2.24, 2.45) is 5.92 Å². The number of aliphatic hydroxyl groups excluding tert-OH is 1. The van der Waals surface area contributed by atoms with E-state index < -0.39 is 6.10 Å². The number of methoxy groups -OCH3 is 2. The molecule has 1 aliphatic rings. The molecule has 1 heterocycles. The highest BCUT2D eigenvalue weighted by Gasteiger charge is 2.29. The van der Waals surface area contributed by atoms with Gasteiger partial charge < -0.3 is 14.6 Å². The molecule has 0 saturated carbocycles. The number of likely N-dealkylation sites (tertiary alicyclic amines) is 1. The van der Waals surface area contributed by atoms with Crippen LogP contribution in [0.25, 0.3) is 0 Å². The Morgan fingerprint density at radius 2 is 1.73 bits per heavy atom. The Balaban J connectivity index is 1.62. The van der Waals surface area contributed by atoms with E-state index >= 15 is 0 Å². The summed E-state index contributed by atoms with van der Waals surface area (Å²) >= 11 is 0. The van der Waals surface area contributed by atoms with Crippen molar-refractivity contribution in [2.75, 3.05) is 27.3 Å². The second-order valence-electron chi connectivity index (χ2n) is 7.13. The van der Waals surface area contributed by atoms with Gasteiger partial charge in [-0.2, -0.15) is 0 Å². The van der Waals surface area contributed by atoms with Crippen LogP contribution in [-0.2, 0) is 6.54 Å². The molecular formula is C22H29NO3. The van der Waals surface area contributed by atoms with E-state index in [1.807, 2.05) is 18.2 Å². The molecule has 1 fully saturated rings. The van der Waals surface area contributed by atoms with Gasteiger partial charge in [0.25, 0.3) is 0 Å². The van der Waals surface area contributed by atoms with E-state index in [0.717, 1.165) is 38.0 Å². The molecule has 0 amide bonds. The van der Waals surface area contributed by atoms with E-state index in [-0.39, 0.29) is 5.92 Å². The maximum Gasteiger partial charge on any atom is 0.166 e. The molecule has 0 aromatic heterocycles. The van der Waals surface area contributed by atoms with Crippen molar-refractivity contribution in [3.63, 3.8) is 0 Å². The highest BCUT2D eigenvalue weighted by atomic mass is 16.5. The summed E-state index contributed by atoms with van der Waals surface area (Å²) < 4.78 is 10.9. The number of hydrogen-bond acceptors (Lipinski definition) is 4. The van der Waals surface area contributed by atoms with Crippen molar-refractivity contribution < 1.29 is 14.6 Å². The molecule has 26 heavy (non-hydrogen) atoms. The van der Waals surface area contributed by atoms with Crippen LogP contribution in [0.3, 0.4) is 0 Å². The highest BCUT2D eigenvalue weighted by Crippen LogP contribution is 2.40. The van der Waals surface area contributed by atoms with Crippen molar-refractivity contribution in [1.29, 1.82) is 0 Å². The summed E-state index contributed by atoms with van der Waals surface area (Å²) in [6.07, 6.45) is 1.43. The largest absolute Gasteiger partial charge is 0.493 e. The second-order valence-corrected chi connectivity index (χ2v) is 7.13. The Bertz CT molecular complexity index is 706. The van der Waals surface area contributed by atoms with E-state index in [2.05, 4.69) is 36.1 Å². The standard InChI is InChI=1S/C22H29NO3/c1-16-7-9-17(10-8-16)15-23-13-11-18(12-14-23)21(24)19-5-4-6-20(25-2)22(19)26-3/h4-10,18,21,24H,11-15H2,1-3H3. The normalized spacial score (nSPS) is 17.1. The van der Waals surface area contributed by atoms with Crippen molar-refractivity contribution in [3.8, 4) is 11.5 Å². The summed E-state index contributed by atoms with van der Waals surface area (Å²) in [4.78, 5) is 2.47. The summed E-state index contributed by atoms with van der Waals surface area (Å²) in [6, 6.07) is 14.5. The minimum absolute atomic E-state index is 0.241. The Morgan fingerprint density at radius 1 is 1.04 bits per heavy atom. The molecule has 1 N–H and O–H groups in total. The molecule has 0 bridgehead atoms. The maximum atomic E-state index is 10.9. The van der Waals surface area contributed by atoms with Crippen LogP contribution in [0, 0.1) is 12.8 Å². The Kier molecular flexibility index (Phi) is 6.17. The lowest BCUT2D eigenvalue weighted by molar-refractivity contribution is 0.0549. The number of para-hydroxylation sites is 1. The van der Waals surface area contributed by atoms with E-state index in [9.17, 15) is 5.11 Å². The molecular weight excluding hydrogens is 326 g/mol. The summed E-state index contributed by atoms with van der Waals surface area (Å²) in [5.41, 5.74) is 3.47. The summed E-state index contributed by atoms with van der Waals surface area (Å²) in [6.45, 7) is 5.10. The molecule has 4 nitrogen and oxygen atoms in total. The highest BCUT2D eigenvalue weighted by molar-refractivity contribution is 5.47. The summed E-state index contributed by atoms with van der Waals surface area (Å²) in [7, 11) is 3.25. The molecule has 2 aromatic carbocycles. The number of nitrogens with zero attached hydrogens (tertiary/aromatic N) is 1. The summed E-state index contributed by atoms with van der Waals surface area (Å²) in [5.74, 6) is 1.55. The molecule has 1 aliphatic heterocycles. The number of piperidine rings is 1. The van der Waals surface area contributed by atoms with Crippen LogP contribution in [0.4, 0.5) is 0 Å². The Labute approximate surface area is 156 Å². The molecule has 0 aliphatic carbocycles. The van der Waals surface area contributed by atoms with E-state index in [1.165, 1.54) is 11.1 Å². The van der Waals surface area contributed by atoms with Crippen LogP contribution in [0.2, 0.25) is 0 Å². The fourth-order valence-corrected chi connectivity index (χ4v) is 3.78. The minimum Gasteiger partial charge on any atom is -0.493 e. The van der Waals surface area contributed by atoms with Gasteiger partial charge in [0.2, 0.25) is 0 Å². The second kappa shape index (κ2) is 8.56. The molecule has 1 unspecified atom stereocenters. The van der Waals surface area contributed by atoms with Crippen LogP contribution < -0.4 is 9.47 Å². The van der Waals surface area contributed by atoms with Gasteiger partial charge in [0.15, 0.2) is 11.5 Å². The van der Waals surface area contributed by atoms with Gasteiger partial charge in [-0.25, -0.2) is 0 Å². The summed E-state index contributed by atoms with van der Waals surface area (Å²) in [5, 5.41) is 10.9. The molecule has 140 valence electrons. The van der Waals surface area contributed by atoms with Crippen LogP contribution in [0.15, 0.2) is 42.5 Å². The SMILES string of the molecule is COc1cccc(C(O)C2CCN(Cc3ccc(C)cc3)CC2)c1OC. The first-order valence-corrected chi connectivity index (χ1v) is 9.29. The average Bonchev–Trinajstić information content (AvgIpc) is 2.69. The van der Waals surface area contributed by atoms with Gasteiger partial charge in [-0.1, -0.05) is 42.0 Å². The zero-order chi connectivity index (χ0) is 18.5. The molecule has 0 radical (unpaired) electrons. The fourth-order valence-electron chi connectivity index (χ4n) is 3.78. The third kappa shape index (κ3) is 4.19. The lowest BCUT2D eigenvalue weighted by atomic mass is 9.87. The Hall–Kier alpha value is -2.04. The van der Waals surface area contributed by atoms with Gasteiger partial charge in [-0.3, -0.25) is 4.90 Å². The minimum atomic E-state index is -0.526. The first-order chi connectivity index (χ1) is 12.6. The van der Waals surface area contributed by atoms with E-state index in [4.69, 9.17) is 9.47 Å². The van der Waals surface area contributed by atoms with Gasteiger partial charge in [0.1, 0.15) is 0 Å². The monoisotopic (exact) mass is 355 g/mol. The van der Waals surface area contributed by atoms with Crippen LogP contribution in [-0.4, -0.2) is 37.3 Å². The van der Waals surface area contributed by atoms with Gasteiger partial charge in [-0.15, -0.1) is 0 Å². The molecule has 3 rings (SSSR count). The molecule has 1 atom stereocenters. The van der Waals surface area contributed by atoms with Crippen molar-refractivity contribution >= 4 is 0 Å². The first-order valence-electron chi connectivity index (χ1n) is 9.29. The van der Waals surface area contributed by atoms with Gasteiger partial charge in [-0.05, 0) is 50.4 Å². The Morgan fingerprint density at radius 3 is 2.35 bits per heavy atom. The van der Waals surface area contributed by atoms with E-state index in [0.29, 0.717) is 11.5 Å². The topological polar surface area (TPSA) is 41.9 Å². The smallest absolute Gasteiger partial charge is 0.166 e. The third-order valence-electron chi connectivity index (χ3n) is 5.36. The lowest BCUT2D eigenvalue weighted by Crippen LogP contribution is -2.35. The number of hydrogen-bond donors (Lipinski definition) is 1. The molecule has 2 aromatic rings. The number of rotatable bonds is 6. The number of aliphatic hydroxyl groups is 1. The maximum absolute atomic E-state index is 10.9. The van der Waals surface area contributed by atoms with Gasteiger partial charge >= 0.3 is 0 Å². The third-order valence-corrected chi connectivity index (χ3v) is 5.36. The quantitative estimate of drug-likeness (QED) is 0.852. The van der Waals surface area contributed by atoms with E-state index in [1.54, 1.807) is 14.2 Å². The zero-order valence-electron chi connectivity index (χ0n) is 15.9. The predicted molar refractivity (Wildman–Crippen MR) is 104 cm³/mol. The number of benzene rings is 2. The molecule has 0 spiro atoms. The van der Waals surface area contributed by atoms with Gasteiger partial charge in [0.05, 0.1) is 20.3 Å². The van der Waals surface area contributed by atoms with Gasteiger partial charge in [0, 0.05) is 12.1 Å². The fraction of sp³-hybridized carbons (Fsp3) is 0.455. The molecule has 4 heteroatoms. The van der Waals surface area contributed by atoms with Crippen LogP contribution >= 0.6 is 0 Å². The predicted octanol–water partition coefficient (Wildman–Crippen LogP) is 3.96.